The highest BCUT2D eigenvalue weighted by atomic mass is 16.5. The van der Waals surface area contributed by atoms with Crippen molar-refractivity contribution >= 4 is 5.84 Å². The summed E-state index contributed by atoms with van der Waals surface area (Å²) in [5, 5.41) is 0. The maximum atomic E-state index is 5.25. The Labute approximate surface area is 118 Å². The molecular weight excluding hydrogens is 248 g/mol. The zero-order valence-corrected chi connectivity index (χ0v) is 11.4. The van der Waals surface area contributed by atoms with Gasteiger partial charge >= 0.3 is 0 Å². The van der Waals surface area contributed by atoms with Gasteiger partial charge in [0.1, 0.15) is 11.6 Å². The molecule has 0 saturated heterocycles. The highest BCUT2D eigenvalue weighted by Crippen LogP contribution is 2.40. The maximum absolute atomic E-state index is 5.25. The quantitative estimate of drug-likeness (QED) is 0.833. The number of amidine groups is 1. The van der Waals surface area contributed by atoms with Crippen LogP contribution in [0.3, 0.4) is 0 Å². The van der Waals surface area contributed by atoms with Crippen LogP contribution in [0.2, 0.25) is 0 Å². The van der Waals surface area contributed by atoms with Crippen LogP contribution in [-0.2, 0) is 0 Å². The van der Waals surface area contributed by atoms with E-state index in [0.29, 0.717) is 6.04 Å². The molecule has 2 aromatic carbocycles. The number of benzene rings is 2. The minimum absolute atomic E-state index is 0.290. The Morgan fingerprint density at radius 3 is 2.70 bits per heavy atom. The Balaban J connectivity index is 1.83. The molecule has 0 bridgehead atoms. The summed E-state index contributed by atoms with van der Waals surface area (Å²) in [5.41, 5.74) is 3.94. The summed E-state index contributed by atoms with van der Waals surface area (Å²) in [6.07, 6.45) is 0. The lowest BCUT2D eigenvalue weighted by atomic mass is 9.97. The van der Waals surface area contributed by atoms with Gasteiger partial charge in [-0.25, -0.2) is 0 Å². The number of nitrogens with zero attached hydrogens (tertiary/aromatic N) is 2. The van der Waals surface area contributed by atoms with Crippen LogP contribution in [0.1, 0.15) is 22.7 Å². The van der Waals surface area contributed by atoms with Crippen LogP contribution >= 0.6 is 0 Å². The van der Waals surface area contributed by atoms with Crippen molar-refractivity contribution in [2.24, 2.45) is 4.99 Å². The summed E-state index contributed by atoms with van der Waals surface area (Å²) < 4.78 is 5.25. The molecule has 4 rings (SSSR count). The first-order chi connectivity index (χ1) is 9.88. The second-order valence-corrected chi connectivity index (χ2v) is 5.16. The number of fused-ring (bicyclic) bond motifs is 3. The van der Waals surface area contributed by atoms with Gasteiger partial charge in [-0.05, 0) is 23.3 Å². The minimum atomic E-state index is 0.290. The van der Waals surface area contributed by atoms with Crippen molar-refractivity contribution in [2.45, 2.75) is 6.04 Å². The fourth-order valence-electron chi connectivity index (χ4n) is 3.20. The molecule has 0 saturated carbocycles. The molecule has 0 radical (unpaired) electrons. The van der Waals surface area contributed by atoms with Crippen LogP contribution in [-0.4, -0.2) is 30.9 Å². The van der Waals surface area contributed by atoms with E-state index in [9.17, 15) is 0 Å². The number of hydrogen-bond acceptors (Lipinski definition) is 3. The fourth-order valence-corrected chi connectivity index (χ4v) is 3.20. The highest BCUT2D eigenvalue weighted by molar-refractivity contribution is 6.04. The van der Waals surface area contributed by atoms with Crippen LogP contribution in [0, 0.1) is 0 Å². The second-order valence-electron chi connectivity index (χ2n) is 5.16. The van der Waals surface area contributed by atoms with Crippen molar-refractivity contribution in [3.8, 4) is 5.75 Å². The van der Waals surface area contributed by atoms with Crippen molar-refractivity contribution in [3.63, 3.8) is 0 Å². The third-order valence-electron chi connectivity index (χ3n) is 4.11. The second kappa shape index (κ2) is 4.37. The predicted octanol–water partition coefficient (Wildman–Crippen LogP) is 2.86. The van der Waals surface area contributed by atoms with Crippen LogP contribution in [0.15, 0.2) is 53.5 Å². The van der Waals surface area contributed by atoms with E-state index in [-0.39, 0.29) is 0 Å². The van der Waals surface area contributed by atoms with Crippen LogP contribution in [0.5, 0.6) is 5.75 Å². The van der Waals surface area contributed by atoms with Crippen LogP contribution in [0.25, 0.3) is 0 Å². The SMILES string of the molecule is COc1ccc(C2c3ccccc3C3=NCCN32)cc1. The lowest BCUT2D eigenvalue weighted by molar-refractivity contribution is 0.402. The summed E-state index contributed by atoms with van der Waals surface area (Å²) in [5.74, 6) is 2.05. The van der Waals surface area contributed by atoms with E-state index in [4.69, 9.17) is 4.74 Å². The van der Waals surface area contributed by atoms with E-state index < -0.39 is 0 Å². The van der Waals surface area contributed by atoms with E-state index in [0.717, 1.165) is 24.7 Å². The third kappa shape index (κ3) is 1.56. The van der Waals surface area contributed by atoms with Crippen molar-refractivity contribution < 1.29 is 4.74 Å². The van der Waals surface area contributed by atoms with Gasteiger partial charge in [0, 0.05) is 12.1 Å². The molecule has 0 aliphatic carbocycles. The number of rotatable bonds is 2. The van der Waals surface area contributed by atoms with Crippen molar-refractivity contribution in [1.82, 2.24) is 4.90 Å². The molecule has 2 aromatic rings. The molecule has 2 aliphatic rings. The first-order valence-corrected chi connectivity index (χ1v) is 6.93. The Kier molecular flexibility index (Phi) is 2.52. The lowest BCUT2D eigenvalue weighted by Crippen LogP contribution is -2.26. The minimum Gasteiger partial charge on any atom is -0.497 e. The van der Waals surface area contributed by atoms with E-state index >= 15 is 0 Å². The summed E-state index contributed by atoms with van der Waals surface area (Å²) >= 11 is 0. The van der Waals surface area contributed by atoms with E-state index in [1.165, 1.54) is 16.7 Å². The third-order valence-corrected chi connectivity index (χ3v) is 4.11. The highest BCUT2D eigenvalue weighted by Gasteiger charge is 2.37. The Morgan fingerprint density at radius 2 is 1.90 bits per heavy atom. The number of ether oxygens (including phenoxy) is 1. The zero-order valence-electron chi connectivity index (χ0n) is 11.4. The first kappa shape index (κ1) is 11.5. The molecule has 0 amide bonds. The summed E-state index contributed by atoms with van der Waals surface area (Å²) in [7, 11) is 1.70. The van der Waals surface area contributed by atoms with Gasteiger partial charge in [0.25, 0.3) is 0 Å². The van der Waals surface area contributed by atoms with E-state index in [1.54, 1.807) is 7.11 Å². The molecular formula is C17H16N2O. The first-order valence-electron chi connectivity index (χ1n) is 6.93. The van der Waals surface area contributed by atoms with Crippen molar-refractivity contribution in [3.05, 3.63) is 65.2 Å². The standard InChI is InChI=1S/C17H16N2O/c1-20-13-8-6-12(7-9-13)16-14-4-2-3-5-15(14)17-18-10-11-19(16)17/h2-9,16H,10-11H2,1H3. The zero-order chi connectivity index (χ0) is 13.5. The monoisotopic (exact) mass is 264 g/mol. The molecule has 0 N–H and O–H groups in total. The summed E-state index contributed by atoms with van der Waals surface area (Å²) in [6, 6.07) is 17.3. The van der Waals surface area contributed by atoms with Crippen LogP contribution < -0.4 is 4.74 Å². The average Bonchev–Trinajstić information content (AvgIpc) is 3.08. The van der Waals surface area contributed by atoms with Gasteiger partial charge in [-0.1, -0.05) is 36.4 Å². The average molecular weight is 264 g/mol. The number of hydrogen-bond donors (Lipinski definition) is 0. The van der Waals surface area contributed by atoms with Gasteiger partial charge in [0.15, 0.2) is 0 Å². The molecule has 3 nitrogen and oxygen atoms in total. The van der Waals surface area contributed by atoms with E-state index in [2.05, 4.69) is 46.3 Å². The molecule has 1 atom stereocenters. The van der Waals surface area contributed by atoms with Crippen molar-refractivity contribution in [2.75, 3.05) is 20.2 Å². The van der Waals surface area contributed by atoms with Gasteiger partial charge in [-0.2, -0.15) is 0 Å². The summed E-state index contributed by atoms with van der Waals surface area (Å²) in [4.78, 5) is 7.08. The largest absolute Gasteiger partial charge is 0.497 e. The smallest absolute Gasteiger partial charge is 0.132 e. The molecule has 2 aliphatic heterocycles. The van der Waals surface area contributed by atoms with Crippen LogP contribution in [0.4, 0.5) is 0 Å². The molecule has 2 heterocycles. The van der Waals surface area contributed by atoms with Gasteiger partial charge in [0.2, 0.25) is 0 Å². The Bertz CT molecular complexity index is 676. The fraction of sp³-hybridized carbons (Fsp3) is 0.235. The molecule has 20 heavy (non-hydrogen) atoms. The van der Waals surface area contributed by atoms with Crippen molar-refractivity contribution in [1.29, 1.82) is 0 Å². The topological polar surface area (TPSA) is 24.8 Å². The number of methoxy groups -OCH3 is 1. The maximum Gasteiger partial charge on any atom is 0.132 e. The Morgan fingerprint density at radius 1 is 1.10 bits per heavy atom. The van der Waals surface area contributed by atoms with E-state index in [1.807, 2.05) is 12.1 Å². The van der Waals surface area contributed by atoms with Gasteiger partial charge in [-0.3, -0.25) is 4.99 Å². The van der Waals surface area contributed by atoms with Gasteiger partial charge in [-0.15, -0.1) is 0 Å². The molecule has 1 unspecified atom stereocenters. The predicted molar refractivity (Wildman–Crippen MR) is 79.4 cm³/mol. The summed E-state index contributed by atoms with van der Waals surface area (Å²) in [6.45, 7) is 1.90. The Hall–Kier alpha value is -2.29. The number of aliphatic imine (C=N–C) groups is 1. The van der Waals surface area contributed by atoms with Gasteiger partial charge in [0.05, 0.1) is 19.7 Å². The normalized spacial score (nSPS) is 19.6. The molecule has 0 aromatic heterocycles. The molecule has 0 fully saturated rings. The molecule has 0 spiro atoms. The lowest BCUT2D eigenvalue weighted by Gasteiger charge is -2.24. The molecule has 3 heteroatoms. The van der Waals surface area contributed by atoms with Gasteiger partial charge < -0.3 is 9.64 Å². The molecule has 100 valence electrons.